The Balaban J connectivity index is 1.78. The molecule has 3 rings (SSSR count). The highest BCUT2D eigenvalue weighted by Crippen LogP contribution is 2.40. The van der Waals surface area contributed by atoms with Gasteiger partial charge in [-0.2, -0.15) is 0 Å². The van der Waals surface area contributed by atoms with Crippen molar-refractivity contribution in [1.29, 1.82) is 0 Å². The van der Waals surface area contributed by atoms with Crippen LogP contribution in [0.25, 0.3) is 0 Å². The van der Waals surface area contributed by atoms with E-state index in [1.54, 1.807) is 0 Å². The monoisotopic (exact) mass is 244 g/mol. The van der Waals surface area contributed by atoms with Crippen molar-refractivity contribution in [2.24, 2.45) is 5.73 Å². The Kier molecular flexibility index (Phi) is 3.40. The van der Waals surface area contributed by atoms with Gasteiger partial charge in [-0.1, -0.05) is 31.2 Å². The maximum absolute atomic E-state index is 6.30. The van der Waals surface area contributed by atoms with Crippen molar-refractivity contribution in [1.82, 2.24) is 4.90 Å². The Morgan fingerprint density at radius 2 is 1.78 bits per heavy atom. The summed E-state index contributed by atoms with van der Waals surface area (Å²) in [6, 6.07) is 10.0. The summed E-state index contributed by atoms with van der Waals surface area (Å²) in [6.45, 7) is 4.57. The summed E-state index contributed by atoms with van der Waals surface area (Å²) in [5.41, 5.74) is 9.24. The Morgan fingerprint density at radius 1 is 1.11 bits per heavy atom. The third-order valence-electron chi connectivity index (χ3n) is 4.39. The fourth-order valence-corrected chi connectivity index (χ4v) is 3.26. The van der Waals surface area contributed by atoms with Crippen molar-refractivity contribution in [3.8, 4) is 0 Å². The Labute approximate surface area is 110 Å². The highest BCUT2D eigenvalue weighted by Gasteiger charge is 2.32. The molecule has 1 saturated carbocycles. The van der Waals surface area contributed by atoms with Crippen LogP contribution in [-0.2, 0) is 0 Å². The van der Waals surface area contributed by atoms with Crippen LogP contribution in [0.2, 0.25) is 0 Å². The maximum Gasteiger partial charge on any atom is 0.0499 e. The van der Waals surface area contributed by atoms with E-state index in [0.29, 0.717) is 12.1 Å². The van der Waals surface area contributed by atoms with Gasteiger partial charge in [0.25, 0.3) is 0 Å². The van der Waals surface area contributed by atoms with E-state index in [1.165, 1.54) is 36.9 Å². The lowest BCUT2D eigenvalue weighted by Crippen LogP contribution is -2.32. The predicted molar refractivity (Wildman–Crippen MR) is 75.6 cm³/mol. The Morgan fingerprint density at radius 3 is 2.39 bits per heavy atom. The number of rotatable bonds is 4. The molecule has 1 aliphatic carbocycles. The summed E-state index contributed by atoms with van der Waals surface area (Å²) in [4.78, 5) is 2.55. The molecule has 1 heterocycles. The fourth-order valence-electron chi connectivity index (χ4n) is 3.26. The zero-order valence-electron chi connectivity index (χ0n) is 11.3. The third-order valence-corrected chi connectivity index (χ3v) is 4.39. The van der Waals surface area contributed by atoms with Gasteiger partial charge in [-0.15, -0.1) is 0 Å². The molecule has 0 bridgehead atoms. The van der Waals surface area contributed by atoms with Gasteiger partial charge in [0.1, 0.15) is 0 Å². The normalized spacial score (nSPS) is 28.8. The summed E-state index contributed by atoms with van der Waals surface area (Å²) in [6.07, 6.45) is 5.10. The summed E-state index contributed by atoms with van der Waals surface area (Å²) in [7, 11) is 0. The zero-order chi connectivity index (χ0) is 12.5. The van der Waals surface area contributed by atoms with E-state index in [-0.39, 0.29) is 0 Å². The quantitative estimate of drug-likeness (QED) is 0.882. The largest absolute Gasteiger partial charge is 0.326 e. The number of likely N-dealkylation sites (tertiary alicyclic amines) is 1. The van der Waals surface area contributed by atoms with Gasteiger partial charge < -0.3 is 5.73 Å². The summed E-state index contributed by atoms with van der Waals surface area (Å²) in [5, 5.41) is 0. The summed E-state index contributed by atoms with van der Waals surface area (Å²) in [5.74, 6) is 0.850. The van der Waals surface area contributed by atoms with Crippen LogP contribution in [-0.4, -0.2) is 24.0 Å². The molecule has 98 valence electrons. The van der Waals surface area contributed by atoms with Gasteiger partial charge in [0.2, 0.25) is 0 Å². The van der Waals surface area contributed by atoms with Crippen molar-refractivity contribution in [3.63, 3.8) is 0 Å². The van der Waals surface area contributed by atoms with Gasteiger partial charge in [-0.3, -0.25) is 4.90 Å². The lowest BCUT2D eigenvalue weighted by Gasteiger charge is -2.27. The topological polar surface area (TPSA) is 29.3 Å². The van der Waals surface area contributed by atoms with E-state index in [4.69, 9.17) is 5.73 Å². The lowest BCUT2D eigenvalue weighted by atomic mass is 9.98. The van der Waals surface area contributed by atoms with Crippen molar-refractivity contribution in [2.75, 3.05) is 13.1 Å². The number of benzene rings is 1. The highest BCUT2D eigenvalue weighted by molar-refractivity contribution is 5.31. The molecule has 2 atom stereocenters. The minimum Gasteiger partial charge on any atom is -0.326 e. The van der Waals surface area contributed by atoms with Crippen molar-refractivity contribution in [3.05, 3.63) is 35.4 Å². The first kappa shape index (κ1) is 12.2. The second-order valence-corrected chi connectivity index (χ2v) is 5.87. The minimum absolute atomic E-state index is 0.309. The molecule has 0 aromatic heterocycles. The van der Waals surface area contributed by atoms with Crippen LogP contribution in [0.15, 0.2) is 24.3 Å². The van der Waals surface area contributed by atoms with Gasteiger partial charge in [0, 0.05) is 18.6 Å². The zero-order valence-corrected chi connectivity index (χ0v) is 11.3. The molecule has 2 unspecified atom stereocenters. The number of nitrogens with zero attached hydrogens (tertiary/aromatic N) is 1. The van der Waals surface area contributed by atoms with Crippen LogP contribution in [0.3, 0.4) is 0 Å². The van der Waals surface area contributed by atoms with Crippen molar-refractivity contribution in [2.45, 2.75) is 50.6 Å². The molecule has 0 spiro atoms. The Hall–Kier alpha value is -0.860. The molecular formula is C16H24N2. The number of hydrogen-bond donors (Lipinski definition) is 1. The van der Waals surface area contributed by atoms with Gasteiger partial charge in [0.15, 0.2) is 0 Å². The molecule has 1 aromatic carbocycles. The second kappa shape index (κ2) is 5.02. The standard InChI is InChI=1S/C16H24N2/c1-2-10-18-11-9-15(17)16(18)14-7-5-13(6-8-14)12-3-4-12/h5-8,12,15-16H,2-4,9-11,17H2,1H3. The Bertz CT molecular complexity index is 392. The first-order valence-corrected chi connectivity index (χ1v) is 7.39. The van der Waals surface area contributed by atoms with E-state index >= 15 is 0 Å². The predicted octanol–water partition coefficient (Wildman–Crippen LogP) is 3.05. The van der Waals surface area contributed by atoms with E-state index in [1.807, 2.05) is 0 Å². The van der Waals surface area contributed by atoms with Crippen LogP contribution < -0.4 is 5.73 Å². The number of nitrogens with two attached hydrogens (primary N) is 1. The van der Waals surface area contributed by atoms with Crippen LogP contribution in [0.4, 0.5) is 0 Å². The second-order valence-electron chi connectivity index (χ2n) is 5.87. The van der Waals surface area contributed by atoms with Gasteiger partial charge >= 0.3 is 0 Å². The molecule has 1 aromatic rings. The SMILES string of the molecule is CCCN1CCC(N)C1c1ccc(C2CC2)cc1. The molecule has 0 amide bonds. The molecule has 2 aliphatic rings. The maximum atomic E-state index is 6.30. The first-order valence-electron chi connectivity index (χ1n) is 7.39. The summed E-state index contributed by atoms with van der Waals surface area (Å²) >= 11 is 0. The molecular weight excluding hydrogens is 220 g/mol. The fraction of sp³-hybridized carbons (Fsp3) is 0.625. The van der Waals surface area contributed by atoms with Crippen LogP contribution in [0.5, 0.6) is 0 Å². The molecule has 2 fully saturated rings. The van der Waals surface area contributed by atoms with Crippen LogP contribution in [0, 0.1) is 0 Å². The molecule has 2 nitrogen and oxygen atoms in total. The van der Waals surface area contributed by atoms with Gasteiger partial charge in [-0.05, 0) is 49.3 Å². The molecule has 0 radical (unpaired) electrons. The first-order chi connectivity index (χ1) is 8.79. The van der Waals surface area contributed by atoms with Crippen molar-refractivity contribution < 1.29 is 0 Å². The minimum atomic E-state index is 0.309. The lowest BCUT2D eigenvalue weighted by molar-refractivity contribution is 0.248. The highest BCUT2D eigenvalue weighted by atomic mass is 15.2. The van der Waals surface area contributed by atoms with E-state index in [9.17, 15) is 0 Å². The van der Waals surface area contributed by atoms with E-state index < -0.39 is 0 Å². The molecule has 2 heteroatoms. The molecule has 18 heavy (non-hydrogen) atoms. The van der Waals surface area contributed by atoms with Gasteiger partial charge in [-0.25, -0.2) is 0 Å². The molecule has 2 N–H and O–H groups in total. The average molecular weight is 244 g/mol. The summed E-state index contributed by atoms with van der Waals surface area (Å²) < 4.78 is 0. The van der Waals surface area contributed by atoms with Crippen LogP contribution in [0.1, 0.15) is 55.7 Å². The third kappa shape index (κ3) is 2.32. The van der Waals surface area contributed by atoms with Crippen molar-refractivity contribution >= 4 is 0 Å². The van der Waals surface area contributed by atoms with E-state index in [2.05, 4.69) is 36.1 Å². The number of hydrogen-bond acceptors (Lipinski definition) is 2. The van der Waals surface area contributed by atoms with E-state index in [0.717, 1.165) is 18.9 Å². The molecule has 1 aliphatic heterocycles. The smallest absolute Gasteiger partial charge is 0.0499 e. The molecule has 1 saturated heterocycles. The average Bonchev–Trinajstić information content (AvgIpc) is 3.16. The van der Waals surface area contributed by atoms with Crippen LogP contribution >= 0.6 is 0 Å². The van der Waals surface area contributed by atoms with Gasteiger partial charge in [0.05, 0.1) is 0 Å².